The average molecular weight is 395 g/mol. The summed E-state index contributed by atoms with van der Waals surface area (Å²) in [5.74, 6) is 1.56. The highest BCUT2D eigenvalue weighted by molar-refractivity contribution is 7.99. The molecule has 4 rings (SSSR count). The first-order valence-corrected chi connectivity index (χ1v) is 9.76. The molecular weight excluding hydrogens is 376 g/mol. The first-order valence-electron chi connectivity index (χ1n) is 8.53. The van der Waals surface area contributed by atoms with Crippen LogP contribution in [0, 0.1) is 0 Å². The molecule has 2 N–H and O–H groups in total. The predicted molar refractivity (Wildman–Crippen MR) is 113 cm³/mol. The van der Waals surface area contributed by atoms with Gasteiger partial charge in [0.15, 0.2) is 16.6 Å². The molecule has 0 aromatic heterocycles. The summed E-state index contributed by atoms with van der Waals surface area (Å²) in [6, 6.07) is 24.3. The topological polar surface area (TPSA) is 42.5 Å². The molecule has 0 atom stereocenters. The van der Waals surface area contributed by atoms with Crippen LogP contribution in [0.25, 0.3) is 0 Å². The van der Waals surface area contributed by atoms with E-state index in [1.807, 2.05) is 54.6 Å². The van der Waals surface area contributed by atoms with E-state index in [1.165, 1.54) is 4.90 Å². The Morgan fingerprint density at radius 1 is 0.926 bits per heavy atom. The lowest BCUT2D eigenvalue weighted by Crippen LogP contribution is -2.28. The zero-order chi connectivity index (χ0) is 18.5. The van der Waals surface area contributed by atoms with Crippen molar-refractivity contribution < 1.29 is 9.47 Å². The van der Waals surface area contributed by atoms with E-state index in [1.54, 1.807) is 11.8 Å². The van der Waals surface area contributed by atoms with E-state index in [0.717, 1.165) is 27.6 Å². The van der Waals surface area contributed by atoms with Gasteiger partial charge in [-0.15, -0.1) is 0 Å². The van der Waals surface area contributed by atoms with Crippen molar-refractivity contribution in [3.05, 3.63) is 78.4 Å². The zero-order valence-corrected chi connectivity index (χ0v) is 16.1. The minimum absolute atomic E-state index is 0.280. The number of hydrogen-bond donors (Lipinski definition) is 2. The molecule has 0 amide bonds. The van der Waals surface area contributed by atoms with Gasteiger partial charge in [0.25, 0.3) is 0 Å². The van der Waals surface area contributed by atoms with Crippen LogP contribution < -0.4 is 20.1 Å². The largest absolute Gasteiger partial charge is 0.454 e. The monoisotopic (exact) mass is 394 g/mol. The minimum Gasteiger partial charge on any atom is -0.454 e. The number of ether oxygens (including phenoxy) is 2. The second-order valence-corrected chi connectivity index (χ2v) is 7.43. The number of anilines is 1. The van der Waals surface area contributed by atoms with Crippen LogP contribution in [-0.4, -0.2) is 11.9 Å². The number of para-hydroxylation sites is 1. The van der Waals surface area contributed by atoms with E-state index < -0.39 is 0 Å². The second kappa shape index (κ2) is 8.33. The smallest absolute Gasteiger partial charge is 0.231 e. The van der Waals surface area contributed by atoms with Crippen molar-refractivity contribution in [3.63, 3.8) is 0 Å². The maximum Gasteiger partial charge on any atom is 0.231 e. The Labute approximate surface area is 167 Å². The Morgan fingerprint density at radius 3 is 2.59 bits per heavy atom. The van der Waals surface area contributed by atoms with Crippen molar-refractivity contribution >= 4 is 34.8 Å². The maximum absolute atomic E-state index is 5.47. The van der Waals surface area contributed by atoms with Crippen LogP contribution in [-0.2, 0) is 6.54 Å². The first kappa shape index (κ1) is 17.7. The molecule has 0 aliphatic carbocycles. The van der Waals surface area contributed by atoms with Gasteiger partial charge in [-0.3, -0.25) is 0 Å². The van der Waals surface area contributed by atoms with Crippen molar-refractivity contribution in [3.8, 4) is 11.5 Å². The van der Waals surface area contributed by atoms with Gasteiger partial charge in [0.2, 0.25) is 6.79 Å². The molecule has 0 unspecified atom stereocenters. The Hall–Kier alpha value is -2.70. The average Bonchev–Trinajstić information content (AvgIpc) is 3.17. The van der Waals surface area contributed by atoms with Crippen molar-refractivity contribution in [1.82, 2.24) is 5.32 Å². The number of fused-ring (bicyclic) bond motifs is 1. The molecule has 6 heteroatoms. The molecule has 1 heterocycles. The SMILES string of the molecule is S=C(NCc1ccc2c(c1)OCO2)Nc1ccccc1Sc1ccccc1. The third-order valence-electron chi connectivity index (χ3n) is 4.00. The standard InChI is InChI=1S/C21H18N2O2S2/c26-21(22-13-15-10-11-18-19(12-15)25-14-24-18)23-17-8-4-5-9-20(17)27-16-6-2-1-3-7-16/h1-12H,13-14H2,(H2,22,23,26). The summed E-state index contributed by atoms with van der Waals surface area (Å²) in [6.07, 6.45) is 0. The highest BCUT2D eigenvalue weighted by Crippen LogP contribution is 2.34. The van der Waals surface area contributed by atoms with Gasteiger partial charge < -0.3 is 20.1 Å². The Bertz CT molecular complexity index is 948. The molecule has 3 aromatic carbocycles. The first-order chi connectivity index (χ1) is 13.3. The molecular formula is C21H18N2O2S2. The van der Waals surface area contributed by atoms with Gasteiger partial charge in [-0.1, -0.05) is 48.2 Å². The third-order valence-corrected chi connectivity index (χ3v) is 5.33. The predicted octanol–water partition coefficient (Wildman–Crippen LogP) is 5.05. The van der Waals surface area contributed by atoms with Gasteiger partial charge in [0.05, 0.1) is 5.69 Å². The summed E-state index contributed by atoms with van der Waals surface area (Å²) in [5, 5.41) is 7.12. The van der Waals surface area contributed by atoms with Gasteiger partial charge in [0, 0.05) is 16.3 Å². The van der Waals surface area contributed by atoms with Crippen LogP contribution in [0.4, 0.5) is 5.69 Å². The van der Waals surface area contributed by atoms with Crippen LogP contribution in [0.5, 0.6) is 11.5 Å². The lowest BCUT2D eigenvalue weighted by atomic mass is 10.2. The van der Waals surface area contributed by atoms with Gasteiger partial charge in [-0.05, 0) is 54.2 Å². The summed E-state index contributed by atoms with van der Waals surface area (Å²) in [5.41, 5.74) is 2.06. The van der Waals surface area contributed by atoms with Crippen LogP contribution in [0.1, 0.15) is 5.56 Å². The van der Waals surface area contributed by atoms with Gasteiger partial charge in [-0.25, -0.2) is 0 Å². The maximum atomic E-state index is 5.47. The van der Waals surface area contributed by atoms with Crippen LogP contribution in [0.15, 0.2) is 82.6 Å². The molecule has 0 spiro atoms. The number of benzene rings is 3. The summed E-state index contributed by atoms with van der Waals surface area (Å²) >= 11 is 7.18. The Morgan fingerprint density at radius 2 is 1.70 bits per heavy atom. The van der Waals surface area contributed by atoms with Gasteiger partial charge >= 0.3 is 0 Å². The second-order valence-electron chi connectivity index (χ2n) is 5.91. The third kappa shape index (κ3) is 4.53. The lowest BCUT2D eigenvalue weighted by Gasteiger charge is -2.14. The zero-order valence-electron chi connectivity index (χ0n) is 14.5. The molecule has 0 saturated heterocycles. The number of rotatable bonds is 5. The van der Waals surface area contributed by atoms with Crippen molar-refractivity contribution in [1.29, 1.82) is 0 Å². The molecule has 0 saturated carbocycles. The fourth-order valence-corrected chi connectivity index (χ4v) is 3.78. The summed E-state index contributed by atoms with van der Waals surface area (Å²) < 4.78 is 10.7. The van der Waals surface area contributed by atoms with Crippen LogP contribution in [0.2, 0.25) is 0 Å². The van der Waals surface area contributed by atoms with E-state index in [9.17, 15) is 0 Å². The molecule has 4 nitrogen and oxygen atoms in total. The van der Waals surface area contributed by atoms with E-state index in [2.05, 4.69) is 28.8 Å². The number of hydrogen-bond acceptors (Lipinski definition) is 4. The van der Waals surface area contributed by atoms with Crippen LogP contribution >= 0.6 is 24.0 Å². The fourth-order valence-electron chi connectivity index (χ4n) is 2.67. The highest BCUT2D eigenvalue weighted by Gasteiger charge is 2.13. The molecule has 0 radical (unpaired) electrons. The normalized spacial score (nSPS) is 11.9. The van der Waals surface area contributed by atoms with Crippen molar-refractivity contribution in [2.24, 2.45) is 0 Å². The van der Waals surface area contributed by atoms with Crippen LogP contribution in [0.3, 0.4) is 0 Å². The Kier molecular flexibility index (Phi) is 5.46. The molecule has 1 aliphatic rings. The fraction of sp³-hybridized carbons (Fsp3) is 0.0952. The highest BCUT2D eigenvalue weighted by atomic mass is 32.2. The van der Waals surface area contributed by atoms with E-state index in [0.29, 0.717) is 11.7 Å². The molecule has 3 aromatic rings. The summed E-state index contributed by atoms with van der Waals surface area (Å²) in [6.45, 7) is 0.887. The minimum atomic E-state index is 0.280. The van der Waals surface area contributed by atoms with Gasteiger partial charge in [-0.2, -0.15) is 0 Å². The molecule has 136 valence electrons. The molecule has 0 fully saturated rings. The van der Waals surface area contributed by atoms with E-state index in [4.69, 9.17) is 21.7 Å². The van der Waals surface area contributed by atoms with Crippen molar-refractivity contribution in [2.45, 2.75) is 16.3 Å². The van der Waals surface area contributed by atoms with Gasteiger partial charge in [0.1, 0.15) is 0 Å². The summed E-state index contributed by atoms with van der Waals surface area (Å²) in [7, 11) is 0. The number of thiocarbonyl (C=S) groups is 1. The van der Waals surface area contributed by atoms with Crippen molar-refractivity contribution in [2.75, 3.05) is 12.1 Å². The molecule has 1 aliphatic heterocycles. The molecule has 0 bridgehead atoms. The molecule has 27 heavy (non-hydrogen) atoms. The summed E-state index contributed by atoms with van der Waals surface area (Å²) in [4.78, 5) is 2.31. The van der Waals surface area contributed by atoms with E-state index >= 15 is 0 Å². The lowest BCUT2D eigenvalue weighted by molar-refractivity contribution is 0.174. The van der Waals surface area contributed by atoms with E-state index in [-0.39, 0.29) is 6.79 Å². The number of nitrogens with one attached hydrogen (secondary N) is 2. The quantitative estimate of drug-likeness (QED) is 0.590. The Balaban J connectivity index is 1.38.